The quantitative estimate of drug-likeness (QED) is 0.810. The third-order valence-corrected chi connectivity index (χ3v) is 4.72. The third-order valence-electron chi connectivity index (χ3n) is 3.52. The minimum atomic E-state index is -1.12. The Labute approximate surface area is 115 Å². The maximum absolute atomic E-state index is 11.5. The lowest BCUT2D eigenvalue weighted by Gasteiger charge is -2.20. The van der Waals surface area contributed by atoms with Crippen molar-refractivity contribution >= 4 is 28.2 Å². The predicted octanol–water partition coefficient (Wildman–Crippen LogP) is 2.42. The number of carbonyl (C=O) groups is 2. The number of Topliss-reactive ketones (excluding diaryl/α,β-unsaturated/α-hetero) is 1. The number of aromatic carboxylic acids is 1. The normalized spacial score (nSPS) is 18.4. The van der Waals surface area contributed by atoms with Gasteiger partial charge in [0.25, 0.3) is 0 Å². The highest BCUT2D eigenvalue weighted by atomic mass is 32.1. The van der Waals surface area contributed by atoms with E-state index >= 15 is 0 Å². The second-order valence-electron chi connectivity index (χ2n) is 5.36. The third kappa shape index (κ3) is 2.63. The van der Waals surface area contributed by atoms with Crippen molar-refractivity contribution in [3.05, 3.63) is 10.6 Å². The number of hydrogen-bond donors (Lipinski definition) is 1. The number of anilines is 1. The van der Waals surface area contributed by atoms with E-state index in [-0.39, 0.29) is 16.4 Å². The Morgan fingerprint density at radius 2 is 2.05 bits per heavy atom. The first-order valence-electron chi connectivity index (χ1n) is 6.58. The van der Waals surface area contributed by atoms with Gasteiger partial charge in [-0.05, 0) is 31.6 Å². The molecular weight excluding hydrogens is 264 g/mol. The second-order valence-corrected chi connectivity index (χ2v) is 6.34. The molecule has 1 aromatic rings. The molecule has 2 aliphatic carbocycles. The molecule has 0 aliphatic heterocycles. The first-order chi connectivity index (χ1) is 9.06. The number of hydrogen-bond acceptors (Lipinski definition) is 5. The molecule has 3 rings (SSSR count). The number of carbonyl (C=O) groups excluding carboxylic acids is 1. The Hall–Kier alpha value is -1.43. The van der Waals surface area contributed by atoms with Crippen LogP contribution in [-0.4, -0.2) is 34.4 Å². The van der Waals surface area contributed by atoms with Crippen LogP contribution in [0.2, 0.25) is 0 Å². The molecule has 0 spiro atoms. The largest absolute Gasteiger partial charge is 0.476 e. The number of aromatic nitrogens is 1. The molecule has 1 aromatic heterocycles. The van der Waals surface area contributed by atoms with Gasteiger partial charge in [0, 0.05) is 19.5 Å². The standard InChI is InChI=1S/C13H16N2O3S/c1-7(16)11-10(12(17)18)14-13(19-11)15(9-4-5-9)6-8-2-3-8/h8-9H,2-6H2,1H3,(H,17,18). The van der Waals surface area contributed by atoms with E-state index in [9.17, 15) is 9.59 Å². The van der Waals surface area contributed by atoms with Crippen LogP contribution in [0, 0.1) is 5.92 Å². The molecule has 2 saturated carbocycles. The van der Waals surface area contributed by atoms with Crippen LogP contribution in [0.3, 0.4) is 0 Å². The summed E-state index contributed by atoms with van der Waals surface area (Å²) in [5.41, 5.74) is -0.0889. The summed E-state index contributed by atoms with van der Waals surface area (Å²) in [4.78, 5) is 29.3. The van der Waals surface area contributed by atoms with E-state index in [1.807, 2.05) is 0 Å². The van der Waals surface area contributed by atoms with Gasteiger partial charge in [-0.3, -0.25) is 4.79 Å². The Bertz CT molecular complexity index is 500. The van der Waals surface area contributed by atoms with Gasteiger partial charge in [0.05, 0.1) is 0 Å². The fourth-order valence-electron chi connectivity index (χ4n) is 2.16. The van der Waals surface area contributed by atoms with E-state index in [0.29, 0.717) is 11.2 Å². The van der Waals surface area contributed by atoms with Gasteiger partial charge in [0.1, 0.15) is 4.88 Å². The van der Waals surface area contributed by atoms with Gasteiger partial charge >= 0.3 is 5.97 Å². The summed E-state index contributed by atoms with van der Waals surface area (Å²) >= 11 is 1.23. The van der Waals surface area contributed by atoms with Gasteiger partial charge in [0.2, 0.25) is 0 Å². The van der Waals surface area contributed by atoms with Crippen molar-refractivity contribution in [3.8, 4) is 0 Å². The lowest BCUT2D eigenvalue weighted by atomic mass is 10.3. The van der Waals surface area contributed by atoms with Crippen LogP contribution in [-0.2, 0) is 0 Å². The monoisotopic (exact) mass is 280 g/mol. The molecule has 0 saturated heterocycles. The Kier molecular flexibility index (Phi) is 3.05. The minimum Gasteiger partial charge on any atom is -0.476 e. The van der Waals surface area contributed by atoms with Gasteiger partial charge in [-0.2, -0.15) is 0 Å². The van der Waals surface area contributed by atoms with Crippen molar-refractivity contribution < 1.29 is 14.7 Å². The van der Waals surface area contributed by atoms with Crippen molar-refractivity contribution in [2.45, 2.75) is 38.6 Å². The Balaban J connectivity index is 1.91. The number of thiazole rings is 1. The molecule has 0 bridgehead atoms. The molecule has 0 aromatic carbocycles. The molecule has 0 radical (unpaired) electrons. The Morgan fingerprint density at radius 3 is 2.47 bits per heavy atom. The number of nitrogens with zero attached hydrogens (tertiary/aromatic N) is 2. The second kappa shape index (κ2) is 4.59. The summed E-state index contributed by atoms with van der Waals surface area (Å²) in [5, 5.41) is 9.84. The molecule has 102 valence electrons. The molecule has 5 nitrogen and oxygen atoms in total. The molecule has 1 heterocycles. The SMILES string of the molecule is CC(=O)c1sc(N(CC2CC2)C2CC2)nc1C(=O)O. The molecule has 19 heavy (non-hydrogen) atoms. The smallest absolute Gasteiger partial charge is 0.356 e. The van der Waals surface area contributed by atoms with Gasteiger partial charge in [-0.1, -0.05) is 11.3 Å². The molecule has 0 amide bonds. The van der Waals surface area contributed by atoms with Gasteiger partial charge in [-0.15, -0.1) is 0 Å². The van der Waals surface area contributed by atoms with Crippen molar-refractivity contribution in [1.82, 2.24) is 4.98 Å². The molecule has 2 fully saturated rings. The number of carboxylic acids is 1. The molecule has 2 aliphatic rings. The van der Waals surface area contributed by atoms with Gasteiger partial charge < -0.3 is 10.0 Å². The fourth-order valence-corrected chi connectivity index (χ4v) is 3.20. The highest BCUT2D eigenvalue weighted by Crippen LogP contribution is 2.39. The molecular formula is C13H16N2O3S. The maximum atomic E-state index is 11.5. The molecule has 0 unspecified atom stereocenters. The van der Waals surface area contributed by atoms with E-state index in [0.717, 1.165) is 25.3 Å². The predicted molar refractivity (Wildman–Crippen MR) is 72.2 cm³/mol. The number of ketones is 1. The highest BCUT2D eigenvalue weighted by Gasteiger charge is 2.36. The maximum Gasteiger partial charge on any atom is 0.356 e. The van der Waals surface area contributed by atoms with E-state index in [1.165, 1.54) is 31.1 Å². The average molecular weight is 280 g/mol. The first kappa shape index (κ1) is 12.6. The van der Waals surface area contributed by atoms with Crippen LogP contribution in [0.25, 0.3) is 0 Å². The minimum absolute atomic E-state index is 0.0889. The topological polar surface area (TPSA) is 70.5 Å². The van der Waals surface area contributed by atoms with E-state index in [2.05, 4.69) is 9.88 Å². The van der Waals surface area contributed by atoms with Crippen molar-refractivity contribution in [1.29, 1.82) is 0 Å². The van der Waals surface area contributed by atoms with E-state index < -0.39 is 5.97 Å². The molecule has 0 atom stereocenters. The number of rotatable bonds is 6. The van der Waals surface area contributed by atoms with Crippen LogP contribution in [0.15, 0.2) is 0 Å². The fraction of sp³-hybridized carbons (Fsp3) is 0.615. The van der Waals surface area contributed by atoms with Crippen LogP contribution < -0.4 is 4.90 Å². The zero-order valence-electron chi connectivity index (χ0n) is 10.8. The van der Waals surface area contributed by atoms with Crippen LogP contribution >= 0.6 is 11.3 Å². The summed E-state index contributed by atoms with van der Waals surface area (Å²) < 4.78 is 0. The summed E-state index contributed by atoms with van der Waals surface area (Å²) in [6, 6.07) is 0.494. The summed E-state index contributed by atoms with van der Waals surface area (Å²) in [6.45, 7) is 2.35. The lowest BCUT2D eigenvalue weighted by Crippen LogP contribution is -2.27. The van der Waals surface area contributed by atoms with Gasteiger partial charge in [0.15, 0.2) is 16.6 Å². The summed E-state index contributed by atoms with van der Waals surface area (Å²) in [5.74, 6) is -0.614. The van der Waals surface area contributed by atoms with Crippen LogP contribution in [0.4, 0.5) is 5.13 Å². The summed E-state index contributed by atoms with van der Waals surface area (Å²) in [6.07, 6.45) is 4.79. The summed E-state index contributed by atoms with van der Waals surface area (Å²) in [7, 11) is 0. The average Bonchev–Trinajstić information content (AvgIpc) is 3.23. The number of carboxylic acid groups (broad SMARTS) is 1. The first-order valence-corrected chi connectivity index (χ1v) is 7.39. The van der Waals surface area contributed by atoms with Gasteiger partial charge in [-0.25, -0.2) is 9.78 Å². The lowest BCUT2D eigenvalue weighted by molar-refractivity contribution is 0.0687. The van der Waals surface area contributed by atoms with Crippen LogP contribution in [0.5, 0.6) is 0 Å². The molecule has 6 heteroatoms. The zero-order chi connectivity index (χ0) is 13.6. The zero-order valence-corrected chi connectivity index (χ0v) is 11.6. The highest BCUT2D eigenvalue weighted by molar-refractivity contribution is 7.17. The Morgan fingerprint density at radius 1 is 1.37 bits per heavy atom. The van der Waals surface area contributed by atoms with Crippen molar-refractivity contribution in [2.75, 3.05) is 11.4 Å². The van der Waals surface area contributed by atoms with Crippen molar-refractivity contribution in [2.24, 2.45) is 5.92 Å². The van der Waals surface area contributed by atoms with Crippen LogP contribution in [0.1, 0.15) is 52.8 Å². The van der Waals surface area contributed by atoms with E-state index in [4.69, 9.17) is 5.11 Å². The van der Waals surface area contributed by atoms with E-state index in [1.54, 1.807) is 0 Å². The van der Waals surface area contributed by atoms with Crippen molar-refractivity contribution in [3.63, 3.8) is 0 Å². The molecule has 1 N–H and O–H groups in total.